The molecule has 0 saturated carbocycles. The van der Waals surface area contributed by atoms with E-state index in [-0.39, 0.29) is 22.6 Å². The number of rotatable bonds is 1. The second-order valence-corrected chi connectivity index (χ2v) is 14.7. The van der Waals surface area contributed by atoms with Crippen molar-refractivity contribution in [3.8, 4) is 0 Å². The summed E-state index contributed by atoms with van der Waals surface area (Å²) < 4.78 is 0. The lowest BCUT2D eigenvalue weighted by atomic mass is 9.80. The van der Waals surface area contributed by atoms with Crippen molar-refractivity contribution in [1.82, 2.24) is 4.90 Å². The zero-order valence-electron chi connectivity index (χ0n) is 26.0. The lowest BCUT2D eigenvalue weighted by molar-refractivity contribution is 0.0650. The molecule has 2 heterocycles. The third-order valence-electron chi connectivity index (χ3n) is 9.88. The zero-order valence-corrected chi connectivity index (χ0v) is 26.0. The number of hydrogen-bond donors (Lipinski definition) is 0. The SMILES string of the molecule is CN1C(=O)c2ccc3c4ccc5c6c(ccc(c7ccc(c2c37)C1=O)c64)CN(c1cc(C(C)(C)C)cc(C(C)(C)C)c1)C5. The maximum Gasteiger partial charge on any atom is 0.261 e. The maximum absolute atomic E-state index is 13.1. The number of anilines is 1. The van der Waals surface area contributed by atoms with Crippen molar-refractivity contribution in [2.45, 2.75) is 65.5 Å². The van der Waals surface area contributed by atoms with E-state index < -0.39 is 0 Å². The van der Waals surface area contributed by atoms with Crippen LogP contribution in [-0.2, 0) is 23.9 Å². The summed E-state index contributed by atoms with van der Waals surface area (Å²) in [5.74, 6) is -0.468. The van der Waals surface area contributed by atoms with Crippen molar-refractivity contribution < 1.29 is 9.59 Å². The third kappa shape index (κ3) is 3.56. The molecule has 2 amide bonds. The van der Waals surface area contributed by atoms with Crippen LogP contribution in [0.15, 0.2) is 66.7 Å². The Labute approximate surface area is 252 Å². The lowest BCUT2D eigenvalue weighted by Gasteiger charge is -2.34. The van der Waals surface area contributed by atoms with Crippen LogP contribution in [0.3, 0.4) is 0 Å². The minimum atomic E-state index is -0.234. The number of imide groups is 1. The van der Waals surface area contributed by atoms with E-state index in [0.717, 1.165) is 34.6 Å². The number of carbonyl (C=O) groups excluding carboxylic acids is 2. The van der Waals surface area contributed by atoms with Gasteiger partial charge >= 0.3 is 0 Å². The molecule has 4 nitrogen and oxygen atoms in total. The van der Waals surface area contributed by atoms with E-state index in [1.807, 2.05) is 12.1 Å². The van der Waals surface area contributed by atoms with Crippen LogP contribution in [0.5, 0.6) is 0 Å². The third-order valence-corrected chi connectivity index (χ3v) is 9.88. The van der Waals surface area contributed by atoms with Gasteiger partial charge in [0.15, 0.2) is 0 Å². The molecule has 0 unspecified atom stereocenters. The van der Waals surface area contributed by atoms with Gasteiger partial charge in [-0.15, -0.1) is 0 Å². The van der Waals surface area contributed by atoms with Gasteiger partial charge in [-0.1, -0.05) is 84.0 Å². The Hall–Kier alpha value is -4.44. The summed E-state index contributed by atoms with van der Waals surface area (Å²) >= 11 is 0. The Morgan fingerprint density at radius 3 is 1.40 bits per heavy atom. The van der Waals surface area contributed by atoms with Gasteiger partial charge in [0, 0.05) is 42.3 Å². The second kappa shape index (κ2) is 8.35. The van der Waals surface area contributed by atoms with Crippen LogP contribution >= 0.6 is 0 Å². The summed E-state index contributed by atoms with van der Waals surface area (Å²) in [6, 6.07) is 24.2. The minimum Gasteiger partial charge on any atom is -0.363 e. The number of hydrogen-bond acceptors (Lipinski definition) is 3. The molecule has 0 atom stereocenters. The Morgan fingerprint density at radius 2 is 0.953 bits per heavy atom. The van der Waals surface area contributed by atoms with Crippen molar-refractivity contribution in [2.75, 3.05) is 11.9 Å². The van der Waals surface area contributed by atoms with Gasteiger partial charge in [-0.3, -0.25) is 14.5 Å². The molecule has 0 saturated heterocycles. The standard InChI is InChI=1S/C39H36N2O2/c1-38(2,3)23-16-24(39(4,5)6)18-25(17-23)41-19-21-8-10-26-28-12-14-30-35-31(37(43)40(7)36(30)42)15-13-29(34(28)35)27-11-9-22(20-41)32(21)33(26)27/h8-18H,19-20H2,1-7H3. The first kappa shape index (κ1) is 26.2. The highest BCUT2D eigenvalue weighted by atomic mass is 16.2. The molecule has 2 aliphatic rings. The molecule has 0 N–H and O–H groups in total. The molecule has 2 aliphatic heterocycles. The number of amides is 2. The van der Waals surface area contributed by atoms with Crippen molar-refractivity contribution in [2.24, 2.45) is 0 Å². The van der Waals surface area contributed by atoms with E-state index in [9.17, 15) is 9.59 Å². The molecule has 6 aromatic carbocycles. The summed E-state index contributed by atoms with van der Waals surface area (Å²) in [5.41, 5.74) is 8.01. The first-order valence-electron chi connectivity index (χ1n) is 15.2. The largest absolute Gasteiger partial charge is 0.363 e. The van der Waals surface area contributed by atoms with E-state index in [2.05, 4.69) is 101 Å². The molecule has 0 spiro atoms. The fraction of sp³-hybridized carbons (Fsp3) is 0.282. The quantitative estimate of drug-likeness (QED) is 0.114. The number of nitrogens with zero attached hydrogens (tertiary/aromatic N) is 2. The highest BCUT2D eigenvalue weighted by Gasteiger charge is 2.32. The summed E-state index contributed by atoms with van der Waals surface area (Å²) in [4.78, 5) is 30.0. The van der Waals surface area contributed by atoms with E-state index >= 15 is 0 Å². The minimum absolute atomic E-state index is 0.0593. The molecule has 0 radical (unpaired) electrons. The van der Waals surface area contributed by atoms with Crippen LogP contribution in [0, 0.1) is 0 Å². The van der Waals surface area contributed by atoms with E-state index in [1.165, 1.54) is 54.4 Å². The van der Waals surface area contributed by atoms with Gasteiger partial charge in [0.05, 0.1) is 0 Å². The Balaban J connectivity index is 1.35. The van der Waals surface area contributed by atoms with Crippen LogP contribution < -0.4 is 4.90 Å². The molecule has 6 aromatic rings. The van der Waals surface area contributed by atoms with Crippen molar-refractivity contribution in [1.29, 1.82) is 0 Å². The highest BCUT2D eigenvalue weighted by molar-refractivity contribution is 6.38. The van der Waals surface area contributed by atoms with Crippen LogP contribution in [0.1, 0.15) is 84.5 Å². The van der Waals surface area contributed by atoms with Gasteiger partial charge in [-0.2, -0.15) is 0 Å². The predicted octanol–water partition coefficient (Wildman–Crippen LogP) is 9.08. The monoisotopic (exact) mass is 564 g/mol. The summed E-state index contributed by atoms with van der Waals surface area (Å²) in [6.07, 6.45) is 0. The Bertz CT molecular complexity index is 2070. The van der Waals surface area contributed by atoms with Crippen LogP contribution in [0.25, 0.3) is 43.1 Å². The van der Waals surface area contributed by atoms with Crippen LogP contribution in [-0.4, -0.2) is 23.8 Å². The molecule has 0 bridgehead atoms. The number of carbonyl (C=O) groups is 2. The molecule has 8 rings (SSSR count). The Morgan fingerprint density at radius 1 is 0.535 bits per heavy atom. The second-order valence-electron chi connectivity index (χ2n) is 14.7. The molecule has 0 aliphatic carbocycles. The molecule has 214 valence electrons. The van der Waals surface area contributed by atoms with Gasteiger partial charge in [0.2, 0.25) is 0 Å². The van der Waals surface area contributed by atoms with Gasteiger partial charge in [0.1, 0.15) is 0 Å². The van der Waals surface area contributed by atoms with E-state index in [4.69, 9.17) is 0 Å². The molecule has 0 aromatic heterocycles. The normalized spacial score (nSPS) is 15.6. The first-order chi connectivity index (χ1) is 20.3. The smallest absolute Gasteiger partial charge is 0.261 e. The lowest BCUT2D eigenvalue weighted by Crippen LogP contribution is -2.36. The summed E-state index contributed by atoms with van der Waals surface area (Å²) in [7, 11) is 1.57. The van der Waals surface area contributed by atoms with E-state index in [1.54, 1.807) is 7.05 Å². The topological polar surface area (TPSA) is 40.6 Å². The van der Waals surface area contributed by atoms with Gasteiger partial charge in [0.25, 0.3) is 11.8 Å². The molecule has 0 fully saturated rings. The highest BCUT2D eigenvalue weighted by Crippen LogP contribution is 2.47. The first-order valence-corrected chi connectivity index (χ1v) is 15.2. The zero-order chi connectivity index (χ0) is 30.2. The van der Waals surface area contributed by atoms with Gasteiger partial charge in [-0.25, -0.2) is 0 Å². The van der Waals surface area contributed by atoms with Crippen molar-refractivity contribution in [3.63, 3.8) is 0 Å². The van der Waals surface area contributed by atoms with Crippen LogP contribution in [0.4, 0.5) is 5.69 Å². The summed E-state index contributed by atoms with van der Waals surface area (Å²) in [6.45, 7) is 15.5. The fourth-order valence-corrected chi connectivity index (χ4v) is 7.42. The maximum atomic E-state index is 13.1. The Kier molecular flexibility index (Phi) is 5.09. The van der Waals surface area contributed by atoms with Crippen molar-refractivity contribution >= 4 is 60.6 Å². The summed E-state index contributed by atoms with van der Waals surface area (Å²) in [5, 5.41) is 9.02. The molecule has 4 heteroatoms. The number of benzene rings is 6. The van der Waals surface area contributed by atoms with Gasteiger partial charge < -0.3 is 4.90 Å². The molecular weight excluding hydrogens is 528 g/mol. The molecule has 43 heavy (non-hydrogen) atoms. The van der Waals surface area contributed by atoms with E-state index in [0.29, 0.717) is 11.1 Å². The predicted molar refractivity (Wildman–Crippen MR) is 178 cm³/mol. The van der Waals surface area contributed by atoms with Crippen molar-refractivity contribution in [3.05, 3.63) is 100 Å². The average Bonchev–Trinajstić information content (AvgIpc) is 2.97. The fourth-order valence-electron chi connectivity index (χ4n) is 7.42. The van der Waals surface area contributed by atoms with Crippen LogP contribution in [0.2, 0.25) is 0 Å². The van der Waals surface area contributed by atoms with Gasteiger partial charge in [-0.05, 0) is 95.1 Å². The average molecular weight is 565 g/mol. The number of fused-ring (bicyclic) bond motifs is 2. The molecular formula is C39H36N2O2.